The predicted molar refractivity (Wildman–Crippen MR) is 114 cm³/mol. The van der Waals surface area contributed by atoms with Crippen LogP contribution in [-0.2, 0) is 27.7 Å². The van der Waals surface area contributed by atoms with Crippen LogP contribution in [0, 0.1) is 0 Å². The average molecular weight is 405 g/mol. The number of aryl methyl sites for hydroxylation is 2. The summed E-state index contributed by atoms with van der Waals surface area (Å²) in [6.45, 7) is 5.63. The molecular formula is C21H28N2O4S. The molecule has 0 aliphatic rings. The molecule has 6 nitrogen and oxygen atoms in total. The van der Waals surface area contributed by atoms with E-state index in [1.165, 1.54) is 7.11 Å². The normalized spacial score (nSPS) is 12.3. The second-order valence-electron chi connectivity index (χ2n) is 6.58. The summed E-state index contributed by atoms with van der Waals surface area (Å²) in [6.07, 6.45) is 2.64. The number of ether oxygens (including phenoxy) is 1. The average Bonchev–Trinajstić information content (AvgIpc) is 2.67. The van der Waals surface area contributed by atoms with Gasteiger partial charge in [-0.15, -0.1) is 0 Å². The van der Waals surface area contributed by atoms with E-state index < -0.39 is 16.1 Å². The molecular weight excluding hydrogens is 376 g/mol. The molecule has 0 saturated carbocycles. The number of carbonyl (C=O) groups is 1. The van der Waals surface area contributed by atoms with Gasteiger partial charge < -0.3 is 10.1 Å². The summed E-state index contributed by atoms with van der Waals surface area (Å²) in [5.41, 5.74) is 3.23. The Morgan fingerprint density at radius 3 is 2.04 bits per heavy atom. The van der Waals surface area contributed by atoms with Gasteiger partial charge >= 0.3 is 0 Å². The number of methoxy groups -OCH3 is 1. The minimum atomic E-state index is -3.67. The molecule has 2 rings (SSSR count). The van der Waals surface area contributed by atoms with Crippen LogP contribution >= 0.6 is 0 Å². The molecule has 1 amide bonds. The number of rotatable bonds is 8. The van der Waals surface area contributed by atoms with Crippen LogP contribution in [-0.4, -0.2) is 33.7 Å². The first kappa shape index (κ1) is 21.8. The molecule has 1 N–H and O–H groups in total. The number of anilines is 2. The molecule has 2 aromatic rings. The van der Waals surface area contributed by atoms with Crippen molar-refractivity contribution in [3.63, 3.8) is 0 Å². The molecule has 28 heavy (non-hydrogen) atoms. The lowest BCUT2D eigenvalue weighted by molar-refractivity contribution is -0.116. The summed E-state index contributed by atoms with van der Waals surface area (Å²) in [5, 5.41) is 2.96. The van der Waals surface area contributed by atoms with Crippen molar-refractivity contribution >= 4 is 27.3 Å². The minimum Gasteiger partial charge on any atom is -0.497 e. The van der Waals surface area contributed by atoms with Gasteiger partial charge in [0.1, 0.15) is 11.8 Å². The second-order valence-corrected chi connectivity index (χ2v) is 8.44. The number of sulfonamides is 1. The highest BCUT2D eigenvalue weighted by molar-refractivity contribution is 7.92. The number of hydrogen-bond donors (Lipinski definition) is 1. The van der Waals surface area contributed by atoms with E-state index in [9.17, 15) is 13.2 Å². The molecule has 0 heterocycles. The fourth-order valence-electron chi connectivity index (χ4n) is 3.17. The van der Waals surface area contributed by atoms with Crippen molar-refractivity contribution < 1.29 is 17.9 Å². The highest BCUT2D eigenvalue weighted by Gasteiger charge is 2.29. The minimum absolute atomic E-state index is 0.378. The lowest BCUT2D eigenvalue weighted by Crippen LogP contribution is -2.45. The van der Waals surface area contributed by atoms with Crippen LogP contribution in [0.4, 0.5) is 11.4 Å². The molecule has 0 radical (unpaired) electrons. The highest BCUT2D eigenvalue weighted by atomic mass is 32.2. The molecule has 0 aliphatic heterocycles. The molecule has 0 aromatic heterocycles. The van der Waals surface area contributed by atoms with Gasteiger partial charge in [0.05, 0.1) is 19.1 Å². The van der Waals surface area contributed by atoms with E-state index in [-0.39, 0.29) is 5.91 Å². The summed E-state index contributed by atoms with van der Waals surface area (Å²) in [6, 6.07) is 11.6. The van der Waals surface area contributed by atoms with Gasteiger partial charge in [-0.05, 0) is 55.2 Å². The van der Waals surface area contributed by atoms with Gasteiger partial charge in [-0.2, -0.15) is 0 Å². The van der Waals surface area contributed by atoms with E-state index in [4.69, 9.17) is 4.74 Å². The number of amides is 1. The first-order chi connectivity index (χ1) is 13.2. The van der Waals surface area contributed by atoms with Crippen LogP contribution in [0.2, 0.25) is 0 Å². The predicted octanol–water partition coefficient (Wildman–Crippen LogP) is 3.61. The van der Waals surface area contributed by atoms with Crippen molar-refractivity contribution in [1.29, 1.82) is 0 Å². The Morgan fingerprint density at radius 1 is 1.07 bits per heavy atom. The van der Waals surface area contributed by atoms with Crippen LogP contribution in [0.5, 0.6) is 5.75 Å². The standard InChI is InChI=1S/C21H28N2O4S/c1-6-16-9-8-10-17(7-2)20(16)22-21(24)15(3)23(28(5,25)26)18-11-13-19(27-4)14-12-18/h8-15H,6-7H2,1-5H3,(H,22,24)/t15-/m1/s1. The molecule has 1 atom stereocenters. The lowest BCUT2D eigenvalue weighted by Gasteiger charge is -2.29. The third kappa shape index (κ3) is 4.84. The fourth-order valence-corrected chi connectivity index (χ4v) is 4.34. The van der Waals surface area contributed by atoms with Crippen LogP contribution in [0.1, 0.15) is 31.9 Å². The highest BCUT2D eigenvalue weighted by Crippen LogP contribution is 2.26. The van der Waals surface area contributed by atoms with Gasteiger partial charge in [0.25, 0.3) is 0 Å². The molecule has 7 heteroatoms. The Labute approximate surface area is 167 Å². The van der Waals surface area contributed by atoms with E-state index in [2.05, 4.69) is 5.32 Å². The van der Waals surface area contributed by atoms with Gasteiger partial charge in [-0.25, -0.2) is 8.42 Å². The van der Waals surface area contributed by atoms with Gasteiger partial charge in [0.2, 0.25) is 15.9 Å². The first-order valence-electron chi connectivity index (χ1n) is 9.28. The zero-order valence-electron chi connectivity index (χ0n) is 17.0. The van der Waals surface area contributed by atoms with Crippen molar-refractivity contribution in [1.82, 2.24) is 0 Å². The lowest BCUT2D eigenvalue weighted by atomic mass is 10.0. The Morgan fingerprint density at radius 2 is 1.61 bits per heavy atom. The van der Waals surface area contributed by atoms with Crippen LogP contribution in [0.15, 0.2) is 42.5 Å². The number of nitrogens with one attached hydrogen (secondary N) is 1. The summed E-state index contributed by atoms with van der Waals surface area (Å²) >= 11 is 0. The molecule has 0 bridgehead atoms. The smallest absolute Gasteiger partial charge is 0.248 e. The van der Waals surface area contributed by atoms with Crippen molar-refractivity contribution in [2.24, 2.45) is 0 Å². The van der Waals surface area contributed by atoms with E-state index in [1.54, 1.807) is 31.2 Å². The topological polar surface area (TPSA) is 75.7 Å². The molecule has 0 aliphatic carbocycles. The zero-order valence-corrected chi connectivity index (χ0v) is 17.8. The second kappa shape index (κ2) is 9.10. The molecule has 0 spiro atoms. The fraction of sp³-hybridized carbons (Fsp3) is 0.381. The van der Waals surface area contributed by atoms with Gasteiger partial charge in [-0.1, -0.05) is 32.0 Å². The SMILES string of the molecule is CCc1cccc(CC)c1NC(=O)[C@@H](C)N(c1ccc(OC)cc1)S(C)(=O)=O. The van der Waals surface area contributed by atoms with Crippen molar-refractivity contribution in [3.05, 3.63) is 53.6 Å². The Hall–Kier alpha value is -2.54. The molecule has 0 saturated heterocycles. The maximum Gasteiger partial charge on any atom is 0.248 e. The summed E-state index contributed by atoms with van der Waals surface area (Å²) in [4.78, 5) is 13.0. The Balaban J connectivity index is 2.37. The molecule has 152 valence electrons. The van der Waals surface area contributed by atoms with Gasteiger partial charge in [0, 0.05) is 5.69 Å². The van der Waals surface area contributed by atoms with Crippen LogP contribution in [0.3, 0.4) is 0 Å². The first-order valence-corrected chi connectivity index (χ1v) is 11.1. The third-order valence-corrected chi connectivity index (χ3v) is 5.90. The Kier molecular flexibility index (Phi) is 7.07. The van der Waals surface area contributed by atoms with E-state index in [0.29, 0.717) is 11.4 Å². The van der Waals surface area contributed by atoms with Gasteiger partial charge in [-0.3, -0.25) is 9.10 Å². The maximum absolute atomic E-state index is 13.0. The number of nitrogens with zero attached hydrogens (tertiary/aromatic N) is 1. The molecule has 0 unspecified atom stereocenters. The Bertz CT molecular complexity index is 902. The number of carbonyl (C=O) groups excluding carboxylic acids is 1. The van der Waals surface area contributed by atoms with E-state index in [1.807, 2.05) is 32.0 Å². The summed E-state index contributed by atoms with van der Waals surface area (Å²) in [5.74, 6) is 0.232. The maximum atomic E-state index is 13.0. The van der Waals surface area contributed by atoms with Crippen LogP contribution in [0.25, 0.3) is 0 Å². The van der Waals surface area contributed by atoms with Gasteiger partial charge in [0.15, 0.2) is 0 Å². The summed E-state index contributed by atoms with van der Waals surface area (Å²) < 4.78 is 31.1. The largest absolute Gasteiger partial charge is 0.497 e. The van der Waals surface area contributed by atoms with Crippen molar-refractivity contribution in [2.75, 3.05) is 23.0 Å². The van der Waals surface area contributed by atoms with E-state index in [0.717, 1.165) is 40.2 Å². The zero-order chi connectivity index (χ0) is 20.9. The quantitative estimate of drug-likeness (QED) is 0.729. The number of hydrogen-bond acceptors (Lipinski definition) is 4. The van der Waals surface area contributed by atoms with Crippen LogP contribution < -0.4 is 14.4 Å². The number of benzene rings is 2. The van der Waals surface area contributed by atoms with Crippen molar-refractivity contribution in [2.45, 2.75) is 39.7 Å². The number of para-hydroxylation sites is 1. The molecule has 2 aromatic carbocycles. The third-order valence-electron chi connectivity index (χ3n) is 4.66. The summed E-state index contributed by atoms with van der Waals surface area (Å²) in [7, 11) is -2.14. The van der Waals surface area contributed by atoms with E-state index >= 15 is 0 Å². The van der Waals surface area contributed by atoms with Crippen molar-refractivity contribution in [3.8, 4) is 5.75 Å². The molecule has 0 fully saturated rings. The monoisotopic (exact) mass is 404 g/mol.